The van der Waals surface area contributed by atoms with E-state index < -0.39 is 0 Å². The maximum Gasteiger partial charge on any atom is 0.253 e. The molecule has 1 aliphatic rings. The van der Waals surface area contributed by atoms with Gasteiger partial charge in [0.15, 0.2) is 0 Å². The lowest BCUT2D eigenvalue weighted by Crippen LogP contribution is -2.24. The van der Waals surface area contributed by atoms with Crippen LogP contribution in [0.3, 0.4) is 0 Å². The predicted molar refractivity (Wildman–Crippen MR) is 61.5 cm³/mol. The van der Waals surface area contributed by atoms with Gasteiger partial charge in [-0.2, -0.15) is 0 Å². The van der Waals surface area contributed by atoms with Crippen LogP contribution < -0.4 is 5.32 Å². The number of rotatable bonds is 1. The van der Waals surface area contributed by atoms with Crippen LogP contribution in [0.2, 0.25) is 0 Å². The van der Waals surface area contributed by atoms with E-state index in [2.05, 4.69) is 21.2 Å². The number of carbonyl (C=O) groups excluding carboxylic acids is 3. The molecule has 15 heavy (non-hydrogen) atoms. The minimum Gasteiger partial charge on any atom is -0.358 e. The Kier molecular flexibility index (Phi) is 8.85. The molecule has 1 heterocycles. The molecule has 0 spiro atoms. The minimum absolute atomic E-state index is 0. The zero-order valence-electron chi connectivity index (χ0n) is 7.91. The van der Waals surface area contributed by atoms with Crippen molar-refractivity contribution in [3.8, 4) is 0 Å². The fraction of sp³-hybridized carbons (Fsp3) is 0.444. The highest BCUT2D eigenvalue weighted by Gasteiger charge is 2.17. The van der Waals surface area contributed by atoms with Crippen molar-refractivity contribution in [2.45, 2.75) is 7.43 Å². The molecule has 5 nitrogen and oxygen atoms in total. The molecule has 0 radical (unpaired) electrons. The Hall–Kier alpha value is -1.17. The van der Waals surface area contributed by atoms with E-state index in [1.54, 1.807) is 7.05 Å². The second-order valence-electron chi connectivity index (χ2n) is 2.38. The van der Waals surface area contributed by atoms with Crippen molar-refractivity contribution in [2.24, 2.45) is 0 Å². The van der Waals surface area contributed by atoms with Gasteiger partial charge in [0.1, 0.15) is 0 Å². The molecule has 0 aromatic carbocycles. The van der Waals surface area contributed by atoms with E-state index in [9.17, 15) is 14.4 Å². The van der Waals surface area contributed by atoms with Crippen LogP contribution in [-0.4, -0.2) is 42.0 Å². The summed E-state index contributed by atoms with van der Waals surface area (Å²) in [6.07, 6.45) is 2.50. The Balaban J connectivity index is 0. The molecule has 0 aromatic heterocycles. The predicted octanol–water partition coefficient (Wildman–Crippen LogP) is 0.305. The van der Waals surface area contributed by atoms with Crippen LogP contribution in [0.5, 0.6) is 0 Å². The topological polar surface area (TPSA) is 66.5 Å². The van der Waals surface area contributed by atoms with Crippen molar-refractivity contribution in [2.75, 3.05) is 19.4 Å². The Morgan fingerprint density at radius 3 is 1.87 bits per heavy atom. The molecule has 0 saturated carbocycles. The quantitative estimate of drug-likeness (QED) is 0.554. The first-order valence-corrected chi connectivity index (χ1v) is 4.91. The molecule has 0 aromatic rings. The number of nitrogens with one attached hydrogen (secondary N) is 1. The van der Waals surface area contributed by atoms with Crippen LogP contribution in [-0.2, 0) is 14.4 Å². The minimum atomic E-state index is -0.241. The number of hydrogen-bond donors (Lipinski definition) is 1. The normalized spacial score (nSPS) is 12.9. The summed E-state index contributed by atoms with van der Waals surface area (Å²) in [6.45, 7) is 0. The van der Waals surface area contributed by atoms with Crippen molar-refractivity contribution in [1.29, 1.82) is 0 Å². The lowest BCUT2D eigenvalue weighted by molar-refractivity contribution is -0.135. The average molecular weight is 279 g/mol. The van der Waals surface area contributed by atoms with E-state index in [0.717, 1.165) is 4.90 Å². The van der Waals surface area contributed by atoms with Gasteiger partial charge in [0, 0.05) is 26.2 Å². The highest BCUT2D eigenvalue weighted by molar-refractivity contribution is 9.09. The fourth-order valence-corrected chi connectivity index (χ4v) is 0.822. The van der Waals surface area contributed by atoms with Crippen molar-refractivity contribution >= 4 is 33.7 Å². The van der Waals surface area contributed by atoms with Crippen LogP contribution in [0.25, 0.3) is 0 Å². The largest absolute Gasteiger partial charge is 0.358 e. The van der Waals surface area contributed by atoms with Crippen molar-refractivity contribution < 1.29 is 14.4 Å². The molecule has 86 valence electrons. The van der Waals surface area contributed by atoms with E-state index in [0.29, 0.717) is 5.33 Å². The first-order chi connectivity index (χ1) is 6.52. The van der Waals surface area contributed by atoms with Gasteiger partial charge < -0.3 is 5.32 Å². The van der Waals surface area contributed by atoms with Crippen LogP contribution in [0.4, 0.5) is 0 Å². The lowest BCUT2D eigenvalue weighted by Gasteiger charge is -2.01. The van der Waals surface area contributed by atoms with E-state index in [1.807, 2.05) is 0 Å². The first-order valence-electron chi connectivity index (χ1n) is 3.79. The second-order valence-corrected chi connectivity index (χ2v) is 2.94. The number of halogens is 1. The van der Waals surface area contributed by atoms with E-state index in [1.165, 1.54) is 19.2 Å². The third-order valence-corrected chi connectivity index (χ3v) is 1.94. The number of nitrogens with zero attached hydrogens (tertiary/aromatic N) is 1. The van der Waals surface area contributed by atoms with Crippen molar-refractivity contribution in [3.63, 3.8) is 0 Å². The molecule has 6 heteroatoms. The molecule has 0 saturated heterocycles. The maximum atomic E-state index is 10.4. The maximum absolute atomic E-state index is 10.4. The highest BCUT2D eigenvalue weighted by Crippen LogP contribution is 1.97. The smallest absolute Gasteiger partial charge is 0.253 e. The summed E-state index contributed by atoms with van der Waals surface area (Å²) in [5, 5.41) is 2.82. The van der Waals surface area contributed by atoms with Crippen LogP contribution in [0, 0.1) is 0 Å². The van der Waals surface area contributed by atoms with Gasteiger partial charge in [0.2, 0.25) is 5.91 Å². The molecular formula is C9H15BrN2O3. The molecule has 0 atom stereocenters. The highest BCUT2D eigenvalue weighted by atomic mass is 79.9. The summed E-state index contributed by atoms with van der Waals surface area (Å²) in [5.74, 6) is -0.472. The number of amides is 3. The second kappa shape index (κ2) is 8.16. The third kappa shape index (κ3) is 6.01. The number of hydrogen-bond acceptors (Lipinski definition) is 3. The Labute approximate surface area is 97.6 Å². The van der Waals surface area contributed by atoms with Crippen LogP contribution in [0.1, 0.15) is 7.43 Å². The number of alkyl halides is 1. The summed E-state index contributed by atoms with van der Waals surface area (Å²) in [6, 6.07) is 0. The molecule has 1 rings (SSSR count). The summed E-state index contributed by atoms with van der Waals surface area (Å²) in [5.41, 5.74) is 0. The Morgan fingerprint density at radius 2 is 1.80 bits per heavy atom. The number of likely N-dealkylation sites (N-methyl/N-ethyl adjacent to an activating group) is 1. The molecule has 0 fully saturated rings. The van der Waals surface area contributed by atoms with E-state index in [-0.39, 0.29) is 25.1 Å². The standard InChI is InChI=1S/C5H5NO2.C3H6BrNO.CH4/c1-6-4(7)2-3-5(6)8;1-5-3(6)2-4;/h2-3H,1H3;2H2,1H3,(H,5,6);1H4. The summed E-state index contributed by atoms with van der Waals surface area (Å²) in [4.78, 5) is 31.9. The van der Waals surface area contributed by atoms with Gasteiger partial charge in [0.25, 0.3) is 11.8 Å². The van der Waals surface area contributed by atoms with Gasteiger partial charge in [-0.3, -0.25) is 19.3 Å². The summed E-state index contributed by atoms with van der Waals surface area (Å²) < 4.78 is 0. The summed E-state index contributed by atoms with van der Waals surface area (Å²) >= 11 is 2.96. The Bertz CT molecular complexity index is 253. The van der Waals surface area contributed by atoms with Crippen molar-refractivity contribution in [1.82, 2.24) is 10.2 Å². The fourth-order valence-electron chi connectivity index (χ4n) is 0.542. The molecule has 0 aliphatic carbocycles. The van der Waals surface area contributed by atoms with Crippen molar-refractivity contribution in [3.05, 3.63) is 12.2 Å². The van der Waals surface area contributed by atoms with Gasteiger partial charge in [-0.05, 0) is 0 Å². The van der Waals surface area contributed by atoms with Gasteiger partial charge >= 0.3 is 0 Å². The molecule has 3 amide bonds. The van der Waals surface area contributed by atoms with E-state index >= 15 is 0 Å². The number of carbonyl (C=O) groups is 3. The lowest BCUT2D eigenvalue weighted by atomic mass is 10.6. The molecule has 1 N–H and O–H groups in total. The van der Waals surface area contributed by atoms with Gasteiger partial charge in [-0.25, -0.2) is 0 Å². The average Bonchev–Trinajstić information content (AvgIpc) is 2.49. The summed E-state index contributed by atoms with van der Waals surface area (Å²) in [7, 11) is 3.05. The van der Waals surface area contributed by atoms with E-state index in [4.69, 9.17) is 0 Å². The van der Waals surface area contributed by atoms with Crippen LogP contribution in [0.15, 0.2) is 12.2 Å². The molecule has 1 aliphatic heterocycles. The van der Waals surface area contributed by atoms with Gasteiger partial charge in [-0.15, -0.1) is 0 Å². The van der Waals surface area contributed by atoms with Gasteiger partial charge in [0.05, 0.1) is 5.33 Å². The van der Waals surface area contributed by atoms with Gasteiger partial charge in [-0.1, -0.05) is 23.4 Å². The zero-order valence-corrected chi connectivity index (χ0v) is 9.50. The molecule has 0 unspecified atom stereocenters. The monoisotopic (exact) mass is 278 g/mol. The Morgan fingerprint density at radius 1 is 1.40 bits per heavy atom. The van der Waals surface area contributed by atoms with Crippen LogP contribution >= 0.6 is 15.9 Å². The zero-order chi connectivity index (χ0) is 11.1. The first kappa shape index (κ1) is 16.3. The third-order valence-electron chi connectivity index (χ3n) is 1.43. The molecular weight excluding hydrogens is 264 g/mol. The number of imide groups is 1. The SMILES string of the molecule is C.CN1C(=O)C=CC1=O.CNC(=O)CBr. The molecule has 0 bridgehead atoms.